The van der Waals surface area contributed by atoms with Crippen LogP contribution in [0.25, 0.3) is 0 Å². The second kappa shape index (κ2) is 5.07. The Morgan fingerprint density at radius 1 is 1.53 bits per heavy atom. The zero-order chi connectivity index (χ0) is 12.4. The van der Waals surface area contributed by atoms with Crippen LogP contribution in [0.5, 0.6) is 0 Å². The Bertz CT molecular complexity index is 433. The molecule has 2 rings (SSSR count). The fraction of sp³-hybridized carbons (Fsp3) is 0.462. The highest BCUT2D eigenvalue weighted by Gasteiger charge is 2.26. The maximum Gasteiger partial charge on any atom is 0.254 e. The molecule has 1 N–H and O–H groups in total. The number of likely N-dealkylation sites (N-methyl/N-ethyl adjacent to an activating group) is 1. The molecule has 3 nitrogen and oxygen atoms in total. The summed E-state index contributed by atoms with van der Waals surface area (Å²) in [6, 6.07) is 5.84. The predicted molar refractivity (Wildman–Crippen MR) is 69.6 cm³/mol. The molecule has 0 bridgehead atoms. The topological polar surface area (TPSA) is 32.3 Å². The van der Waals surface area contributed by atoms with Gasteiger partial charge in [-0.3, -0.25) is 4.79 Å². The number of carbonyl (C=O) groups excluding carboxylic acids is 1. The highest BCUT2D eigenvalue weighted by Crippen LogP contribution is 2.19. The van der Waals surface area contributed by atoms with Gasteiger partial charge in [0, 0.05) is 29.7 Å². The molecule has 1 heterocycles. The number of benzene rings is 1. The number of nitrogens with zero attached hydrogens (tertiary/aromatic N) is 1. The third-order valence-electron chi connectivity index (χ3n) is 3.30. The number of hydrogen-bond donors (Lipinski definition) is 1. The molecule has 0 spiro atoms. The van der Waals surface area contributed by atoms with E-state index in [9.17, 15) is 4.79 Å². The van der Waals surface area contributed by atoms with Crippen LogP contribution in [-0.2, 0) is 0 Å². The van der Waals surface area contributed by atoms with E-state index in [0.717, 1.165) is 30.6 Å². The van der Waals surface area contributed by atoms with Gasteiger partial charge >= 0.3 is 0 Å². The summed E-state index contributed by atoms with van der Waals surface area (Å²) >= 11 is 5.89. The van der Waals surface area contributed by atoms with E-state index < -0.39 is 0 Å². The van der Waals surface area contributed by atoms with Crippen LogP contribution in [0.15, 0.2) is 18.2 Å². The van der Waals surface area contributed by atoms with Gasteiger partial charge < -0.3 is 10.2 Å². The lowest BCUT2D eigenvalue weighted by molar-refractivity contribution is 0.0789. The smallest absolute Gasteiger partial charge is 0.254 e. The zero-order valence-corrected chi connectivity index (χ0v) is 10.9. The van der Waals surface area contributed by atoms with Crippen LogP contribution < -0.4 is 5.32 Å². The lowest BCUT2D eigenvalue weighted by atomic mass is 10.1. The minimum Gasteiger partial charge on any atom is -0.337 e. The molecule has 92 valence electrons. The molecule has 1 aliphatic heterocycles. The Labute approximate surface area is 107 Å². The molecular weight excluding hydrogens is 236 g/mol. The van der Waals surface area contributed by atoms with Crippen molar-refractivity contribution in [2.75, 3.05) is 20.1 Å². The van der Waals surface area contributed by atoms with E-state index in [1.165, 1.54) is 0 Å². The van der Waals surface area contributed by atoms with Gasteiger partial charge in [0.15, 0.2) is 0 Å². The van der Waals surface area contributed by atoms with E-state index in [1.807, 2.05) is 31.0 Å². The Kier molecular flexibility index (Phi) is 3.69. The molecule has 4 heteroatoms. The first kappa shape index (κ1) is 12.4. The highest BCUT2D eigenvalue weighted by atomic mass is 35.5. The van der Waals surface area contributed by atoms with Crippen molar-refractivity contribution >= 4 is 17.5 Å². The summed E-state index contributed by atoms with van der Waals surface area (Å²) in [7, 11) is 1.94. The Hall–Kier alpha value is -1.06. The van der Waals surface area contributed by atoms with E-state index in [1.54, 1.807) is 6.07 Å². The lowest BCUT2D eigenvalue weighted by Gasteiger charge is -2.17. The lowest BCUT2D eigenvalue weighted by Crippen LogP contribution is -2.33. The van der Waals surface area contributed by atoms with E-state index >= 15 is 0 Å². The summed E-state index contributed by atoms with van der Waals surface area (Å²) in [6.45, 7) is 3.54. The van der Waals surface area contributed by atoms with Crippen LogP contribution in [0.4, 0.5) is 0 Å². The van der Waals surface area contributed by atoms with E-state index in [2.05, 4.69) is 5.32 Å². The Morgan fingerprint density at radius 3 is 2.88 bits per heavy atom. The number of hydrogen-bond acceptors (Lipinski definition) is 2. The van der Waals surface area contributed by atoms with Gasteiger partial charge in [0.2, 0.25) is 0 Å². The number of rotatable bonds is 2. The number of aryl methyl sites for hydroxylation is 1. The number of carbonyl (C=O) groups is 1. The third-order valence-corrected chi connectivity index (χ3v) is 3.54. The first-order valence-corrected chi connectivity index (χ1v) is 6.22. The van der Waals surface area contributed by atoms with Crippen molar-refractivity contribution in [1.82, 2.24) is 10.2 Å². The second-order valence-electron chi connectivity index (χ2n) is 4.48. The molecule has 1 aliphatic rings. The fourth-order valence-electron chi connectivity index (χ4n) is 2.22. The molecule has 1 atom stereocenters. The monoisotopic (exact) mass is 252 g/mol. The van der Waals surface area contributed by atoms with E-state index in [4.69, 9.17) is 11.6 Å². The van der Waals surface area contributed by atoms with Crippen molar-refractivity contribution < 1.29 is 4.79 Å². The minimum atomic E-state index is 0.108. The van der Waals surface area contributed by atoms with Crippen molar-refractivity contribution in [3.05, 3.63) is 34.3 Å². The molecule has 1 saturated heterocycles. The molecule has 1 aromatic carbocycles. The summed E-state index contributed by atoms with van der Waals surface area (Å²) in [5.41, 5.74) is 1.70. The quantitative estimate of drug-likeness (QED) is 0.874. The number of likely N-dealkylation sites (tertiary alicyclic amines) is 1. The molecule has 1 fully saturated rings. The van der Waals surface area contributed by atoms with Crippen molar-refractivity contribution in [2.45, 2.75) is 19.4 Å². The molecule has 0 aliphatic carbocycles. The molecule has 1 aromatic rings. The largest absolute Gasteiger partial charge is 0.337 e. The van der Waals surface area contributed by atoms with Crippen LogP contribution in [0, 0.1) is 6.92 Å². The third kappa shape index (κ3) is 2.61. The average Bonchev–Trinajstić information content (AvgIpc) is 2.76. The summed E-state index contributed by atoms with van der Waals surface area (Å²) in [5.74, 6) is 0.108. The molecule has 0 aromatic heterocycles. The van der Waals surface area contributed by atoms with E-state index in [0.29, 0.717) is 11.1 Å². The first-order valence-electron chi connectivity index (χ1n) is 5.84. The van der Waals surface area contributed by atoms with Gasteiger partial charge in [0.25, 0.3) is 5.91 Å². The molecule has 1 unspecified atom stereocenters. The standard InChI is InChI=1S/C13H17ClN2O/c1-9-7-10(14)3-4-12(9)13(17)16-6-5-11(8-16)15-2/h3-4,7,11,15H,5-6,8H2,1-2H3. The van der Waals surface area contributed by atoms with Gasteiger partial charge in [-0.1, -0.05) is 11.6 Å². The average molecular weight is 253 g/mol. The van der Waals surface area contributed by atoms with Gasteiger partial charge in [-0.15, -0.1) is 0 Å². The van der Waals surface area contributed by atoms with Crippen molar-refractivity contribution in [3.8, 4) is 0 Å². The minimum absolute atomic E-state index is 0.108. The predicted octanol–water partition coefficient (Wildman–Crippen LogP) is 2.08. The SMILES string of the molecule is CNC1CCN(C(=O)c2ccc(Cl)cc2C)C1. The van der Waals surface area contributed by atoms with Gasteiger partial charge in [0.05, 0.1) is 0 Å². The summed E-state index contributed by atoms with van der Waals surface area (Å²) in [5, 5.41) is 3.88. The summed E-state index contributed by atoms with van der Waals surface area (Å²) < 4.78 is 0. The van der Waals surface area contributed by atoms with Crippen LogP contribution in [0.3, 0.4) is 0 Å². The fourth-order valence-corrected chi connectivity index (χ4v) is 2.44. The number of nitrogens with one attached hydrogen (secondary N) is 1. The van der Waals surface area contributed by atoms with E-state index in [-0.39, 0.29) is 5.91 Å². The van der Waals surface area contributed by atoms with Crippen molar-refractivity contribution in [3.63, 3.8) is 0 Å². The van der Waals surface area contributed by atoms with Gasteiger partial charge in [-0.2, -0.15) is 0 Å². The Morgan fingerprint density at radius 2 is 2.29 bits per heavy atom. The van der Waals surface area contributed by atoms with Gasteiger partial charge in [-0.25, -0.2) is 0 Å². The molecule has 0 saturated carbocycles. The normalized spacial score (nSPS) is 19.7. The van der Waals surface area contributed by atoms with Crippen LogP contribution >= 0.6 is 11.6 Å². The number of halogens is 1. The molecular formula is C13H17ClN2O. The summed E-state index contributed by atoms with van der Waals surface area (Å²) in [4.78, 5) is 14.2. The van der Waals surface area contributed by atoms with Crippen molar-refractivity contribution in [2.24, 2.45) is 0 Å². The van der Waals surface area contributed by atoms with Crippen molar-refractivity contribution in [1.29, 1.82) is 0 Å². The molecule has 17 heavy (non-hydrogen) atoms. The van der Waals surface area contributed by atoms with Crippen LogP contribution in [0.1, 0.15) is 22.3 Å². The van der Waals surface area contributed by atoms with Gasteiger partial charge in [-0.05, 0) is 44.2 Å². The zero-order valence-electron chi connectivity index (χ0n) is 10.2. The summed E-state index contributed by atoms with van der Waals surface area (Å²) in [6.07, 6.45) is 1.02. The second-order valence-corrected chi connectivity index (χ2v) is 4.92. The first-order chi connectivity index (χ1) is 8.11. The number of amides is 1. The van der Waals surface area contributed by atoms with Crippen LogP contribution in [0.2, 0.25) is 5.02 Å². The highest BCUT2D eigenvalue weighted by molar-refractivity contribution is 6.30. The maximum atomic E-state index is 12.3. The Balaban J connectivity index is 2.15. The van der Waals surface area contributed by atoms with Gasteiger partial charge in [0.1, 0.15) is 0 Å². The van der Waals surface area contributed by atoms with Crippen LogP contribution in [-0.4, -0.2) is 37.0 Å². The molecule has 1 amide bonds. The molecule has 0 radical (unpaired) electrons. The maximum absolute atomic E-state index is 12.3.